The van der Waals surface area contributed by atoms with Crippen LogP contribution in [0.15, 0.2) is 23.4 Å². The van der Waals surface area contributed by atoms with E-state index >= 15 is 0 Å². The van der Waals surface area contributed by atoms with Crippen LogP contribution in [0.25, 0.3) is 0 Å². The maximum absolute atomic E-state index is 8.61. The number of anilines is 1. The lowest BCUT2D eigenvalue weighted by Gasteiger charge is -2.11. The first-order valence-electron chi connectivity index (χ1n) is 6.28. The number of rotatable bonds is 5. The first kappa shape index (κ1) is 16.1. The van der Waals surface area contributed by atoms with E-state index in [1.165, 1.54) is 4.68 Å². The molecule has 0 saturated heterocycles. The van der Waals surface area contributed by atoms with Crippen molar-refractivity contribution in [3.8, 4) is 17.6 Å². The van der Waals surface area contributed by atoms with Crippen molar-refractivity contribution in [1.29, 1.82) is 5.26 Å². The minimum Gasteiger partial charge on any atom is -0.493 e. The van der Waals surface area contributed by atoms with Gasteiger partial charge in [-0.1, -0.05) is 0 Å². The molecule has 0 bridgehead atoms. The average molecular weight is 411 g/mol. The van der Waals surface area contributed by atoms with Gasteiger partial charge < -0.3 is 15.2 Å². The van der Waals surface area contributed by atoms with E-state index in [0.717, 1.165) is 14.8 Å². The number of aryl methyl sites for hydroxylation is 1. The Morgan fingerprint density at radius 2 is 2.32 bits per heavy atom. The van der Waals surface area contributed by atoms with Gasteiger partial charge >= 0.3 is 0 Å². The average Bonchev–Trinajstić information content (AvgIpc) is 2.81. The van der Waals surface area contributed by atoms with E-state index in [2.05, 4.69) is 32.7 Å². The molecule has 8 heteroatoms. The molecule has 0 spiro atoms. The van der Waals surface area contributed by atoms with Crippen LogP contribution in [0.1, 0.15) is 11.3 Å². The molecule has 2 aromatic rings. The summed E-state index contributed by atoms with van der Waals surface area (Å²) in [7, 11) is 1.54. The van der Waals surface area contributed by atoms with Crippen LogP contribution in [0.5, 0.6) is 11.5 Å². The molecule has 2 rings (SSSR count). The van der Waals surface area contributed by atoms with Gasteiger partial charge in [-0.15, -0.1) is 0 Å². The Hall–Kier alpha value is -2.28. The number of ether oxygens (including phenoxy) is 2. The van der Waals surface area contributed by atoms with E-state index in [1.807, 2.05) is 19.1 Å². The number of nitrogens with two attached hydrogens (primary N) is 1. The number of benzene rings is 1. The van der Waals surface area contributed by atoms with E-state index in [0.29, 0.717) is 17.4 Å². The number of hydrogen-bond donors (Lipinski definition) is 1. The highest BCUT2D eigenvalue weighted by molar-refractivity contribution is 14.1. The highest BCUT2D eigenvalue weighted by Gasteiger charge is 2.11. The number of imidazole rings is 1. The summed E-state index contributed by atoms with van der Waals surface area (Å²) >= 11 is 2.12. The Kier molecular flexibility index (Phi) is 5.21. The zero-order valence-corrected chi connectivity index (χ0v) is 14.2. The van der Waals surface area contributed by atoms with Crippen molar-refractivity contribution >= 4 is 34.8 Å². The summed E-state index contributed by atoms with van der Waals surface area (Å²) in [6.45, 7) is 1.81. The monoisotopic (exact) mass is 411 g/mol. The van der Waals surface area contributed by atoms with E-state index < -0.39 is 0 Å². The summed E-state index contributed by atoms with van der Waals surface area (Å²) in [5, 5.41) is 12.9. The molecule has 0 amide bonds. The summed E-state index contributed by atoms with van der Waals surface area (Å²) in [5.41, 5.74) is 7.34. The smallest absolute Gasteiger partial charge is 0.221 e. The van der Waals surface area contributed by atoms with Gasteiger partial charge in [0.25, 0.3) is 0 Å². The molecule has 0 saturated carbocycles. The second-order valence-corrected chi connectivity index (χ2v) is 5.47. The van der Waals surface area contributed by atoms with Gasteiger partial charge in [0, 0.05) is 0 Å². The van der Waals surface area contributed by atoms with Gasteiger partial charge in [0.1, 0.15) is 6.07 Å². The zero-order chi connectivity index (χ0) is 16.1. The van der Waals surface area contributed by atoms with Crippen molar-refractivity contribution in [2.75, 3.05) is 19.5 Å². The number of halogens is 1. The molecule has 0 aliphatic carbocycles. The van der Waals surface area contributed by atoms with E-state index in [-0.39, 0.29) is 6.61 Å². The minimum atomic E-state index is -0.0371. The molecule has 7 nitrogen and oxygen atoms in total. The van der Waals surface area contributed by atoms with Crippen LogP contribution < -0.4 is 15.2 Å². The highest BCUT2D eigenvalue weighted by atomic mass is 127. The molecule has 0 radical (unpaired) electrons. The zero-order valence-electron chi connectivity index (χ0n) is 12.1. The maximum Gasteiger partial charge on any atom is 0.221 e. The fraction of sp³-hybridized carbons (Fsp3) is 0.214. The quantitative estimate of drug-likeness (QED) is 0.601. The Balaban J connectivity index is 2.31. The second kappa shape index (κ2) is 7.13. The normalized spacial score (nSPS) is 10.6. The molecule has 0 atom stereocenters. The van der Waals surface area contributed by atoms with E-state index in [1.54, 1.807) is 25.6 Å². The van der Waals surface area contributed by atoms with Crippen molar-refractivity contribution in [3.05, 3.63) is 33.2 Å². The molecular weight excluding hydrogens is 397 g/mol. The van der Waals surface area contributed by atoms with Crippen molar-refractivity contribution in [2.24, 2.45) is 5.10 Å². The molecule has 2 N–H and O–H groups in total. The van der Waals surface area contributed by atoms with Gasteiger partial charge in [-0.3, -0.25) is 0 Å². The summed E-state index contributed by atoms with van der Waals surface area (Å²) in [5.74, 6) is 1.41. The molecule has 1 aromatic heterocycles. The fourth-order valence-corrected chi connectivity index (χ4v) is 2.57. The highest BCUT2D eigenvalue weighted by Crippen LogP contribution is 2.33. The largest absolute Gasteiger partial charge is 0.493 e. The molecule has 0 aliphatic heterocycles. The van der Waals surface area contributed by atoms with Crippen LogP contribution in [0.4, 0.5) is 5.95 Å². The van der Waals surface area contributed by atoms with Gasteiger partial charge in [0.15, 0.2) is 18.1 Å². The lowest BCUT2D eigenvalue weighted by atomic mass is 10.2. The Bertz CT molecular complexity index is 748. The Morgan fingerprint density at radius 3 is 2.91 bits per heavy atom. The van der Waals surface area contributed by atoms with Crippen molar-refractivity contribution in [1.82, 2.24) is 9.66 Å². The number of nitriles is 1. The molecule has 22 heavy (non-hydrogen) atoms. The van der Waals surface area contributed by atoms with Crippen LogP contribution in [0.2, 0.25) is 0 Å². The topological polar surface area (TPSA) is 98.4 Å². The summed E-state index contributed by atoms with van der Waals surface area (Å²) in [6.07, 6.45) is 3.38. The van der Waals surface area contributed by atoms with Gasteiger partial charge in [-0.25, -0.2) is 9.66 Å². The minimum absolute atomic E-state index is 0.0371. The van der Waals surface area contributed by atoms with Crippen molar-refractivity contribution in [2.45, 2.75) is 6.92 Å². The molecule has 0 fully saturated rings. The van der Waals surface area contributed by atoms with Crippen LogP contribution >= 0.6 is 22.6 Å². The number of nitrogens with zero attached hydrogens (tertiary/aromatic N) is 4. The SMILES string of the molecule is COc1cc(C=Nn2cc(C)nc2N)cc(I)c1OCC#N. The molecule has 0 unspecified atom stereocenters. The number of nitrogen functional groups attached to an aromatic ring is 1. The van der Waals surface area contributed by atoms with Gasteiger partial charge in [0.05, 0.1) is 28.8 Å². The van der Waals surface area contributed by atoms with Crippen LogP contribution in [0, 0.1) is 21.8 Å². The van der Waals surface area contributed by atoms with Gasteiger partial charge in [-0.2, -0.15) is 10.4 Å². The standard InChI is InChI=1S/C14H14IN5O2/c1-9-8-20(14(17)19-9)18-7-10-5-11(15)13(22-4-3-16)12(6-10)21-2/h5-8H,4H2,1-2H3,(H2,17,19). The van der Waals surface area contributed by atoms with Gasteiger partial charge in [-0.05, 0) is 47.2 Å². The lowest BCUT2D eigenvalue weighted by Crippen LogP contribution is -2.01. The molecule has 0 aliphatic rings. The number of methoxy groups -OCH3 is 1. The third-order valence-corrected chi connectivity index (χ3v) is 3.50. The molecule has 1 heterocycles. The molecular formula is C14H14IN5O2. The molecule has 1 aromatic carbocycles. The van der Waals surface area contributed by atoms with Gasteiger partial charge in [0.2, 0.25) is 5.95 Å². The van der Waals surface area contributed by atoms with Crippen molar-refractivity contribution < 1.29 is 9.47 Å². The maximum atomic E-state index is 8.61. The van der Waals surface area contributed by atoms with Crippen LogP contribution in [0.3, 0.4) is 0 Å². The third kappa shape index (κ3) is 3.67. The van der Waals surface area contributed by atoms with Crippen LogP contribution in [-0.4, -0.2) is 29.6 Å². The first-order chi connectivity index (χ1) is 10.5. The van der Waals surface area contributed by atoms with Crippen LogP contribution in [-0.2, 0) is 0 Å². The second-order valence-electron chi connectivity index (χ2n) is 4.31. The fourth-order valence-electron chi connectivity index (χ4n) is 1.78. The predicted octanol–water partition coefficient (Wildman–Crippen LogP) is 2.17. The third-order valence-electron chi connectivity index (χ3n) is 2.70. The lowest BCUT2D eigenvalue weighted by molar-refractivity contribution is 0.327. The summed E-state index contributed by atoms with van der Waals surface area (Å²) in [6, 6.07) is 5.58. The molecule has 114 valence electrons. The Labute approximate surface area is 141 Å². The first-order valence-corrected chi connectivity index (χ1v) is 7.36. The Morgan fingerprint density at radius 1 is 1.55 bits per heavy atom. The van der Waals surface area contributed by atoms with E-state index in [9.17, 15) is 0 Å². The predicted molar refractivity (Wildman–Crippen MR) is 91.2 cm³/mol. The summed E-state index contributed by atoms with van der Waals surface area (Å²) < 4.78 is 13.0. The number of aromatic nitrogens is 2. The van der Waals surface area contributed by atoms with E-state index in [4.69, 9.17) is 20.5 Å². The van der Waals surface area contributed by atoms with Crippen molar-refractivity contribution in [3.63, 3.8) is 0 Å². The summed E-state index contributed by atoms with van der Waals surface area (Å²) in [4.78, 5) is 4.07. The number of hydrogen-bond acceptors (Lipinski definition) is 6.